The van der Waals surface area contributed by atoms with E-state index in [1.165, 1.54) is 366 Å². The van der Waals surface area contributed by atoms with Gasteiger partial charge in [-0.15, -0.1) is 0 Å². The number of quaternary nitrogens is 1. The van der Waals surface area contributed by atoms with Gasteiger partial charge in [-0.2, -0.15) is 0 Å². The van der Waals surface area contributed by atoms with E-state index in [-0.39, 0.29) is 19.1 Å². The van der Waals surface area contributed by atoms with Crippen LogP contribution in [-0.4, -0.2) is 73.4 Å². The van der Waals surface area contributed by atoms with Gasteiger partial charge in [-0.3, -0.25) is 13.8 Å². The molecule has 8 nitrogen and oxygen atoms in total. The summed E-state index contributed by atoms with van der Waals surface area (Å²) in [5.41, 5.74) is 0. The topological polar surface area (TPSA) is 105 Å². The minimum absolute atomic E-state index is 0.0795. The Morgan fingerprint density at radius 2 is 0.565 bits per heavy atom. The van der Waals surface area contributed by atoms with E-state index < -0.39 is 20.0 Å². The molecule has 0 bridgehead atoms. The zero-order chi connectivity index (χ0) is 61.9. The maximum absolute atomic E-state index is 13.1. The molecule has 0 aromatic carbocycles. The van der Waals surface area contributed by atoms with E-state index in [1.807, 2.05) is 21.1 Å². The SMILES string of the molecule is CCCCCCCCCCCCCCCCCCCCCCCCCCCCCCCCCCCCCCCCCCCC(=O)NC(COP(=O)(O)OCC[N+](C)(C)C)C(O)CCCCCCCCCCCCCCCCCCCCCCCC. The molecule has 0 rings (SSSR count). The van der Waals surface area contributed by atoms with Crippen LogP contribution in [0, 0.1) is 0 Å². The van der Waals surface area contributed by atoms with Crippen LogP contribution in [0.15, 0.2) is 0 Å². The Morgan fingerprint density at radius 1 is 0.353 bits per heavy atom. The van der Waals surface area contributed by atoms with Crippen molar-refractivity contribution in [1.29, 1.82) is 0 Å². The monoisotopic (exact) mass is 1220 g/mol. The van der Waals surface area contributed by atoms with Crippen LogP contribution in [-0.2, 0) is 18.4 Å². The molecule has 0 heterocycles. The summed E-state index contributed by atoms with van der Waals surface area (Å²) in [6.07, 6.45) is 86.8. The highest BCUT2D eigenvalue weighted by atomic mass is 31.2. The molecule has 9 heteroatoms. The molecule has 0 aromatic rings. The highest BCUT2D eigenvalue weighted by molar-refractivity contribution is 7.47. The second-order valence-corrected chi connectivity index (χ2v) is 29.9. The van der Waals surface area contributed by atoms with Gasteiger partial charge in [-0.25, -0.2) is 4.57 Å². The first-order valence-electron chi connectivity index (χ1n) is 38.9. The summed E-state index contributed by atoms with van der Waals surface area (Å²) in [5.74, 6) is -0.132. The first kappa shape index (κ1) is 84.5. The molecule has 0 spiro atoms. The van der Waals surface area contributed by atoms with Crippen LogP contribution in [0.4, 0.5) is 0 Å². The lowest BCUT2D eigenvalue weighted by atomic mass is 10.0. The molecule has 0 saturated carbocycles. The normalized spacial score (nSPS) is 13.4. The standard InChI is InChI=1S/C76H155N2O6P/c1-6-8-10-12-14-16-18-20-22-24-26-28-30-31-32-33-34-35-36-37-38-39-40-41-42-43-44-45-46-47-48-50-52-54-56-58-60-62-64-66-68-70-76(80)77-74(73-84-85(81,82)83-72-71-78(3,4)5)75(79)69-67-65-63-61-59-57-55-53-51-49-29-27-25-23-21-19-17-15-13-11-9-7-2/h74-75,79H,6-73H2,1-5H3,(H-,77,80,81,82)/p+1. The molecule has 0 aliphatic carbocycles. The fourth-order valence-electron chi connectivity index (χ4n) is 12.6. The third-order valence-corrected chi connectivity index (χ3v) is 19.6. The summed E-state index contributed by atoms with van der Waals surface area (Å²) >= 11 is 0. The van der Waals surface area contributed by atoms with E-state index in [9.17, 15) is 19.4 Å². The largest absolute Gasteiger partial charge is 0.472 e. The van der Waals surface area contributed by atoms with Crippen molar-refractivity contribution < 1.29 is 32.9 Å². The fraction of sp³-hybridized carbons (Fsp3) is 0.987. The van der Waals surface area contributed by atoms with Crippen molar-refractivity contribution in [3.05, 3.63) is 0 Å². The van der Waals surface area contributed by atoms with Crippen molar-refractivity contribution >= 4 is 13.7 Å². The number of phosphoric acid groups is 1. The van der Waals surface area contributed by atoms with Gasteiger partial charge in [0.25, 0.3) is 0 Å². The number of nitrogens with zero attached hydrogens (tertiary/aromatic N) is 1. The van der Waals surface area contributed by atoms with Crippen LogP contribution in [0.3, 0.4) is 0 Å². The van der Waals surface area contributed by atoms with Gasteiger partial charge in [0.05, 0.1) is 39.9 Å². The van der Waals surface area contributed by atoms with Gasteiger partial charge in [0.1, 0.15) is 13.2 Å². The molecule has 3 N–H and O–H groups in total. The van der Waals surface area contributed by atoms with Crippen molar-refractivity contribution in [1.82, 2.24) is 5.32 Å². The number of nitrogens with one attached hydrogen (secondary N) is 1. The minimum Gasteiger partial charge on any atom is -0.391 e. The Morgan fingerprint density at radius 3 is 0.788 bits per heavy atom. The zero-order valence-electron chi connectivity index (χ0n) is 58.7. The highest BCUT2D eigenvalue weighted by Gasteiger charge is 2.28. The smallest absolute Gasteiger partial charge is 0.391 e. The molecule has 0 fully saturated rings. The Hall–Kier alpha value is -0.500. The Kier molecular flexibility index (Phi) is 67.5. The second kappa shape index (κ2) is 67.9. The number of hydrogen-bond donors (Lipinski definition) is 3. The molecule has 3 atom stereocenters. The lowest BCUT2D eigenvalue weighted by Crippen LogP contribution is -2.46. The lowest BCUT2D eigenvalue weighted by molar-refractivity contribution is -0.870. The van der Waals surface area contributed by atoms with E-state index in [0.717, 1.165) is 38.5 Å². The van der Waals surface area contributed by atoms with Gasteiger partial charge in [0.15, 0.2) is 0 Å². The maximum Gasteiger partial charge on any atom is 0.472 e. The Balaban J connectivity index is 3.83. The summed E-state index contributed by atoms with van der Waals surface area (Å²) < 4.78 is 23.9. The molecule has 0 aliphatic rings. The number of hydrogen-bond acceptors (Lipinski definition) is 5. The average Bonchev–Trinajstić information content (AvgIpc) is 3.48. The van der Waals surface area contributed by atoms with Crippen LogP contribution >= 0.6 is 7.82 Å². The predicted octanol–water partition coefficient (Wildman–Crippen LogP) is 25.1. The lowest BCUT2D eigenvalue weighted by Gasteiger charge is -2.26. The number of unbranched alkanes of at least 4 members (excludes halogenated alkanes) is 61. The number of amides is 1. The molecular formula is C76H156N2O6P+. The van der Waals surface area contributed by atoms with E-state index >= 15 is 0 Å². The van der Waals surface area contributed by atoms with Crippen LogP contribution in [0.5, 0.6) is 0 Å². The average molecular weight is 1230 g/mol. The number of phosphoric ester groups is 1. The van der Waals surface area contributed by atoms with E-state index in [4.69, 9.17) is 9.05 Å². The molecule has 0 aliphatic heterocycles. The summed E-state index contributed by atoms with van der Waals surface area (Å²) in [5, 5.41) is 14.2. The highest BCUT2D eigenvalue weighted by Crippen LogP contribution is 2.43. The molecular weight excluding hydrogens is 1070 g/mol. The van der Waals surface area contributed by atoms with Gasteiger partial charge in [0, 0.05) is 6.42 Å². The summed E-state index contributed by atoms with van der Waals surface area (Å²) in [4.78, 5) is 23.5. The van der Waals surface area contributed by atoms with Crippen molar-refractivity contribution in [3.63, 3.8) is 0 Å². The molecule has 0 radical (unpaired) electrons. The number of rotatable bonds is 74. The molecule has 0 aromatic heterocycles. The minimum atomic E-state index is -4.33. The number of aliphatic hydroxyl groups is 1. The Bertz CT molecular complexity index is 1350. The molecule has 510 valence electrons. The summed E-state index contributed by atoms with van der Waals surface area (Å²) in [6, 6.07) is -0.757. The predicted molar refractivity (Wildman–Crippen MR) is 374 cm³/mol. The quantitative estimate of drug-likeness (QED) is 0.0318. The van der Waals surface area contributed by atoms with Gasteiger partial charge >= 0.3 is 7.82 Å². The second-order valence-electron chi connectivity index (χ2n) is 28.5. The maximum atomic E-state index is 13.1. The van der Waals surface area contributed by atoms with E-state index in [1.54, 1.807) is 0 Å². The molecule has 1 amide bonds. The van der Waals surface area contributed by atoms with Crippen molar-refractivity contribution in [2.45, 2.75) is 443 Å². The zero-order valence-corrected chi connectivity index (χ0v) is 59.6. The fourth-order valence-corrected chi connectivity index (χ4v) is 13.3. The van der Waals surface area contributed by atoms with Gasteiger partial charge < -0.3 is 19.8 Å². The van der Waals surface area contributed by atoms with Crippen LogP contribution in [0.1, 0.15) is 431 Å². The van der Waals surface area contributed by atoms with E-state index in [0.29, 0.717) is 23.9 Å². The first-order chi connectivity index (χ1) is 41.5. The van der Waals surface area contributed by atoms with Gasteiger partial charge in [-0.05, 0) is 12.8 Å². The number of carbonyl (C=O) groups is 1. The summed E-state index contributed by atoms with van der Waals surface area (Å²) in [6.45, 7) is 4.97. The number of aliphatic hydroxyl groups excluding tert-OH is 1. The van der Waals surface area contributed by atoms with Gasteiger partial charge in [0.2, 0.25) is 5.91 Å². The van der Waals surface area contributed by atoms with Crippen LogP contribution in [0.2, 0.25) is 0 Å². The molecule has 0 saturated heterocycles. The molecule has 85 heavy (non-hydrogen) atoms. The van der Waals surface area contributed by atoms with Crippen LogP contribution < -0.4 is 5.32 Å². The van der Waals surface area contributed by atoms with Crippen molar-refractivity contribution in [2.24, 2.45) is 0 Å². The van der Waals surface area contributed by atoms with Crippen molar-refractivity contribution in [2.75, 3.05) is 40.9 Å². The van der Waals surface area contributed by atoms with Crippen LogP contribution in [0.25, 0.3) is 0 Å². The number of carbonyl (C=O) groups excluding carboxylic acids is 1. The third kappa shape index (κ3) is 70.8. The van der Waals surface area contributed by atoms with Gasteiger partial charge in [-0.1, -0.05) is 412 Å². The Labute approximate surface area is 533 Å². The van der Waals surface area contributed by atoms with E-state index in [2.05, 4.69) is 19.2 Å². The first-order valence-corrected chi connectivity index (χ1v) is 40.4. The van der Waals surface area contributed by atoms with Crippen molar-refractivity contribution in [3.8, 4) is 0 Å². The number of likely N-dealkylation sites (N-methyl/N-ethyl adjacent to an activating group) is 1. The molecule has 3 unspecified atom stereocenters. The summed E-state index contributed by atoms with van der Waals surface area (Å²) in [7, 11) is 1.64. The third-order valence-electron chi connectivity index (χ3n) is 18.6.